The number of aryl methyl sites for hydroxylation is 1. The van der Waals surface area contributed by atoms with E-state index in [0.717, 1.165) is 27.6 Å². The van der Waals surface area contributed by atoms with Crippen molar-refractivity contribution in [1.82, 2.24) is 9.55 Å². The number of anilines is 2. The molecule has 1 N–H and O–H groups in total. The summed E-state index contributed by atoms with van der Waals surface area (Å²) in [5.74, 6) is 0.230. The maximum Gasteiger partial charge on any atom is 0.234 e. The Kier molecular flexibility index (Phi) is 5.20. The van der Waals surface area contributed by atoms with Gasteiger partial charge in [-0.05, 0) is 42.5 Å². The molecule has 3 rings (SSSR count). The average Bonchev–Trinajstić information content (AvgIpc) is 2.88. The molecule has 0 spiro atoms. The summed E-state index contributed by atoms with van der Waals surface area (Å²) < 4.78 is 1.97. The standard InChI is InChI=1S/C18H19ClN4OS/c1-22(2)14-7-5-13(6-8-14)20-17(24)11-25-18-21-15-10-12(19)4-9-16(15)23(18)3/h4-10H,11H2,1-3H3,(H,20,24). The summed E-state index contributed by atoms with van der Waals surface area (Å²) >= 11 is 7.41. The van der Waals surface area contributed by atoms with Crippen LogP contribution in [0.5, 0.6) is 0 Å². The number of benzene rings is 2. The molecule has 5 nitrogen and oxygen atoms in total. The first-order valence-electron chi connectivity index (χ1n) is 7.76. The van der Waals surface area contributed by atoms with Crippen molar-refractivity contribution in [3.8, 4) is 0 Å². The van der Waals surface area contributed by atoms with Crippen LogP contribution in [0.4, 0.5) is 11.4 Å². The molecule has 0 saturated carbocycles. The van der Waals surface area contributed by atoms with Crippen LogP contribution in [0.25, 0.3) is 11.0 Å². The van der Waals surface area contributed by atoms with Crippen molar-refractivity contribution < 1.29 is 4.79 Å². The second kappa shape index (κ2) is 7.37. The predicted octanol–water partition coefficient (Wildman–Crippen LogP) is 4.02. The number of imidazole rings is 1. The number of nitrogens with zero attached hydrogens (tertiary/aromatic N) is 3. The minimum atomic E-state index is -0.0623. The number of rotatable bonds is 5. The van der Waals surface area contributed by atoms with E-state index in [1.165, 1.54) is 11.8 Å². The van der Waals surface area contributed by atoms with Gasteiger partial charge in [0.15, 0.2) is 5.16 Å². The predicted molar refractivity (Wildman–Crippen MR) is 106 cm³/mol. The third-order valence-electron chi connectivity index (χ3n) is 3.80. The second-order valence-corrected chi connectivity index (χ2v) is 7.24. The normalized spacial score (nSPS) is 10.9. The number of carbonyl (C=O) groups is 1. The minimum absolute atomic E-state index is 0.0623. The monoisotopic (exact) mass is 374 g/mol. The first-order chi connectivity index (χ1) is 11.9. The summed E-state index contributed by atoms with van der Waals surface area (Å²) in [5, 5.41) is 4.35. The zero-order valence-corrected chi connectivity index (χ0v) is 15.9. The first-order valence-corrected chi connectivity index (χ1v) is 9.12. The number of halogens is 1. The lowest BCUT2D eigenvalue weighted by atomic mass is 10.2. The van der Waals surface area contributed by atoms with Crippen molar-refractivity contribution >= 4 is 51.7 Å². The van der Waals surface area contributed by atoms with Gasteiger partial charge in [-0.2, -0.15) is 0 Å². The van der Waals surface area contributed by atoms with Crippen molar-refractivity contribution in [2.45, 2.75) is 5.16 Å². The number of hydrogen-bond donors (Lipinski definition) is 1. The lowest BCUT2D eigenvalue weighted by Gasteiger charge is -2.13. The molecule has 0 aliphatic carbocycles. The van der Waals surface area contributed by atoms with Crippen LogP contribution in [0.1, 0.15) is 0 Å². The topological polar surface area (TPSA) is 50.2 Å². The highest BCUT2D eigenvalue weighted by atomic mass is 35.5. The zero-order valence-electron chi connectivity index (χ0n) is 14.3. The number of thioether (sulfide) groups is 1. The summed E-state index contributed by atoms with van der Waals surface area (Å²) in [6.07, 6.45) is 0. The molecule has 0 bridgehead atoms. The van der Waals surface area contributed by atoms with Crippen LogP contribution in [0, 0.1) is 0 Å². The fraction of sp³-hybridized carbons (Fsp3) is 0.222. The highest BCUT2D eigenvalue weighted by molar-refractivity contribution is 7.99. The molecule has 0 aliphatic heterocycles. The van der Waals surface area contributed by atoms with E-state index in [4.69, 9.17) is 11.6 Å². The molecule has 0 aliphatic rings. The molecule has 0 unspecified atom stereocenters. The molecule has 7 heteroatoms. The molecule has 0 radical (unpaired) electrons. The Bertz CT molecular complexity index is 905. The van der Waals surface area contributed by atoms with Crippen LogP contribution in [0.15, 0.2) is 47.6 Å². The van der Waals surface area contributed by atoms with E-state index in [1.807, 2.05) is 73.1 Å². The quantitative estimate of drug-likeness (QED) is 0.685. The number of fused-ring (bicyclic) bond motifs is 1. The molecule has 0 atom stereocenters. The van der Waals surface area contributed by atoms with Gasteiger partial charge < -0.3 is 14.8 Å². The van der Waals surface area contributed by atoms with E-state index in [9.17, 15) is 4.79 Å². The van der Waals surface area contributed by atoms with Gasteiger partial charge >= 0.3 is 0 Å². The van der Waals surface area contributed by atoms with E-state index in [2.05, 4.69) is 10.3 Å². The Morgan fingerprint density at radius 2 is 1.96 bits per heavy atom. The maximum atomic E-state index is 12.2. The van der Waals surface area contributed by atoms with Crippen molar-refractivity contribution in [2.24, 2.45) is 7.05 Å². The number of hydrogen-bond acceptors (Lipinski definition) is 4. The van der Waals surface area contributed by atoms with Gasteiger partial charge in [-0.15, -0.1) is 0 Å². The number of carbonyl (C=O) groups excluding carboxylic acids is 1. The lowest BCUT2D eigenvalue weighted by Crippen LogP contribution is -2.14. The second-order valence-electron chi connectivity index (χ2n) is 5.86. The smallest absolute Gasteiger partial charge is 0.234 e. The van der Waals surface area contributed by atoms with E-state index >= 15 is 0 Å². The van der Waals surface area contributed by atoms with E-state index in [0.29, 0.717) is 10.8 Å². The Balaban J connectivity index is 1.63. The van der Waals surface area contributed by atoms with Crippen LogP contribution >= 0.6 is 23.4 Å². The van der Waals surface area contributed by atoms with Gasteiger partial charge in [-0.25, -0.2) is 4.98 Å². The van der Waals surface area contributed by atoms with Crippen LogP contribution in [-0.4, -0.2) is 35.3 Å². The van der Waals surface area contributed by atoms with Gasteiger partial charge in [0.25, 0.3) is 0 Å². The lowest BCUT2D eigenvalue weighted by molar-refractivity contribution is -0.113. The molecule has 0 saturated heterocycles. The molecule has 3 aromatic rings. The molecule has 2 aromatic carbocycles. The minimum Gasteiger partial charge on any atom is -0.378 e. The van der Waals surface area contributed by atoms with Crippen LogP contribution in [-0.2, 0) is 11.8 Å². The van der Waals surface area contributed by atoms with Gasteiger partial charge in [0.1, 0.15) is 0 Å². The van der Waals surface area contributed by atoms with Crippen LogP contribution < -0.4 is 10.2 Å². The maximum absolute atomic E-state index is 12.2. The van der Waals surface area contributed by atoms with Crippen LogP contribution in [0.2, 0.25) is 5.02 Å². The highest BCUT2D eigenvalue weighted by Gasteiger charge is 2.11. The molecule has 1 heterocycles. The molecule has 25 heavy (non-hydrogen) atoms. The fourth-order valence-corrected chi connectivity index (χ4v) is 3.40. The molecule has 1 amide bonds. The third-order valence-corrected chi connectivity index (χ3v) is 5.07. The number of amides is 1. The summed E-state index contributed by atoms with van der Waals surface area (Å²) in [6, 6.07) is 13.3. The fourth-order valence-electron chi connectivity index (χ4n) is 2.45. The SMILES string of the molecule is CN(C)c1ccc(NC(=O)CSc2nc3cc(Cl)ccc3n2C)cc1. The Morgan fingerprint density at radius 3 is 2.64 bits per heavy atom. The molecular weight excluding hydrogens is 356 g/mol. The Hall–Kier alpha value is -2.18. The van der Waals surface area contributed by atoms with E-state index < -0.39 is 0 Å². The molecular formula is C18H19ClN4OS. The van der Waals surface area contributed by atoms with Gasteiger partial charge in [-0.1, -0.05) is 23.4 Å². The zero-order chi connectivity index (χ0) is 18.0. The Morgan fingerprint density at radius 1 is 1.24 bits per heavy atom. The number of nitrogens with one attached hydrogen (secondary N) is 1. The molecule has 130 valence electrons. The Labute approximate surface area is 156 Å². The van der Waals surface area contributed by atoms with E-state index in [-0.39, 0.29) is 5.91 Å². The van der Waals surface area contributed by atoms with Gasteiger partial charge in [0.2, 0.25) is 5.91 Å². The van der Waals surface area contributed by atoms with Crippen LogP contribution in [0.3, 0.4) is 0 Å². The third kappa shape index (κ3) is 4.08. The van der Waals surface area contributed by atoms with Crippen molar-refractivity contribution in [2.75, 3.05) is 30.1 Å². The first kappa shape index (κ1) is 17.6. The van der Waals surface area contributed by atoms with Crippen molar-refractivity contribution in [3.63, 3.8) is 0 Å². The van der Waals surface area contributed by atoms with Gasteiger partial charge in [-0.3, -0.25) is 4.79 Å². The van der Waals surface area contributed by atoms with Gasteiger partial charge in [0, 0.05) is 37.5 Å². The summed E-state index contributed by atoms with van der Waals surface area (Å²) in [6.45, 7) is 0. The van der Waals surface area contributed by atoms with Crippen molar-refractivity contribution in [1.29, 1.82) is 0 Å². The molecule has 1 aromatic heterocycles. The van der Waals surface area contributed by atoms with Crippen molar-refractivity contribution in [3.05, 3.63) is 47.5 Å². The molecule has 0 fully saturated rings. The average molecular weight is 375 g/mol. The highest BCUT2D eigenvalue weighted by Crippen LogP contribution is 2.25. The summed E-state index contributed by atoms with van der Waals surface area (Å²) in [4.78, 5) is 18.7. The largest absolute Gasteiger partial charge is 0.378 e. The van der Waals surface area contributed by atoms with Gasteiger partial charge in [0.05, 0.1) is 16.8 Å². The number of aromatic nitrogens is 2. The van der Waals surface area contributed by atoms with E-state index in [1.54, 1.807) is 0 Å². The summed E-state index contributed by atoms with van der Waals surface area (Å²) in [5.41, 5.74) is 3.70. The summed E-state index contributed by atoms with van der Waals surface area (Å²) in [7, 11) is 5.89.